The SMILES string of the molecule is O=C(NCCCn1cccn1)c1ccn(COc2ccc([N+](=O)[O-])cc2Cl)n1. The van der Waals surface area contributed by atoms with Crippen LogP contribution in [0.15, 0.2) is 48.9 Å². The number of aromatic nitrogens is 4. The quantitative estimate of drug-likeness (QED) is 0.332. The lowest BCUT2D eigenvalue weighted by Crippen LogP contribution is -2.26. The Kier molecular flexibility index (Phi) is 6.22. The number of nitrogens with one attached hydrogen (secondary N) is 1. The van der Waals surface area contributed by atoms with Crippen LogP contribution in [-0.2, 0) is 13.3 Å². The van der Waals surface area contributed by atoms with Crippen LogP contribution in [-0.4, -0.2) is 36.9 Å². The highest BCUT2D eigenvalue weighted by atomic mass is 35.5. The second-order valence-corrected chi connectivity index (χ2v) is 6.17. The summed E-state index contributed by atoms with van der Waals surface area (Å²) in [6.45, 7) is 1.22. The van der Waals surface area contributed by atoms with Crippen LogP contribution in [0.2, 0.25) is 5.02 Å². The Morgan fingerprint density at radius 1 is 1.29 bits per heavy atom. The van der Waals surface area contributed by atoms with Gasteiger partial charge >= 0.3 is 0 Å². The molecule has 146 valence electrons. The molecule has 0 aliphatic rings. The van der Waals surface area contributed by atoms with Gasteiger partial charge in [-0.1, -0.05) is 11.6 Å². The summed E-state index contributed by atoms with van der Waals surface area (Å²) in [6, 6.07) is 7.34. The molecule has 3 aromatic rings. The standard InChI is InChI=1S/C17H17ClN6O4/c18-14-11-13(24(26)27)3-4-16(14)28-12-23-10-5-15(21-23)17(25)19-6-1-8-22-9-2-7-20-22/h2-5,7,9-11H,1,6,8,12H2,(H,19,25). The number of nitro groups is 1. The monoisotopic (exact) mass is 404 g/mol. The summed E-state index contributed by atoms with van der Waals surface area (Å²) >= 11 is 5.97. The first-order valence-corrected chi connectivity index (χ1v) is 8.76. The maximum Gasteiger partial charge on any atom is 0.271 e. The van der Waals surface area contributed by atoms with Crippen LogP contribution in [0.1, 0.15) is 16.9 Å². The van der Waals surface area contributed by atoms with Gasteiger partial charge < -0.3 is 10.1 Å². The first-order valence-electron chi connectivity index (χ1n) is 8.39. The topological polar surface area (TPSA) is 117 Å². The van der Waals surface area contributed by atoms with Crippen molar-refractivity contribution in [2.75, 3.05) is 6.54 Å². The van der Waals surface area contributed by atoms with Crippen LogP contribution in [0.25, 0.3) is 0 Å². The average Bonchev–Trinajstić information content (AvgIpc) is 3.36. The number of nitrogens with zero attached hydrogens (tertiary/aromatic N) is 5. The predicted octanol–water partition coefficient (Wildman–Crippen LogP) is 2.50. The van der Waals surface area contributed by atoms with Gasteiger partial charge in [-0.25, -0.2) is 4.68 Å². The molecular weight excluding hydrogens is 388 g/mol. The van der Waals surface area contributed by atoms with Gasteiger partial charge in [0.1, 0.15) is 11.4 Å². The van der Waals surface area contributed by atoms with Crippen LogP contribution < -0.4 is 10.1 Å². The Morgan fingerprint density at radius 3 is 2.86 bits per heavy atom. The van der Waals surface area contributed by atoms with E-state index in [2.05, 4.69) is 15.5 Å². The van der Waals surface area contributed by atoms with E-state index in [1.165, 1.54) is 22.9 Å². The summed E-state index contributed by atoms with van der Waals surface area (Å²) in [5.74, 6) is -0.0000248. The number of ether oxygens (including phenoxy) is 1. The van der Waals surface area contributed by atoms with Gasteiger partial charge in [0.25, 0.3) is 11.6 Å². The summed E-state index contributed by atoms with van der Waals surface area (Å²) in [6.07, 6.45) is 5.91. The van der Waals surface area contributed by atoms with Crippen LogP contribution in [0, 0.1) is 10.1 Å². The van der Waals surface area contributed by atoms with Crippen LogP contribution in [0.3, 0.4) is 0 Å². The normalized spacial score (nSPS) is 10.6. The Morgan fingerprint density at radius 2 is 2.14 bits per heavy atom. The number of hydrogen-bond acceptors (Lipinski definition) is 6. The van der Waals surface area contributed by atoms with Gasteiger partial charge in [-0.2, -0.15) is 10.2 Å². The van der Waals surface area contributed by atoms with Crippen molar-refractivity contribution in [2.24, 2.45) is 0 Å². The van der Waals surface area contributed by atoms with E-state index in [0.717, 1.165) is 6.42 Å². The number of halogens is 1. The molecule has 1 aromatic carbocycles. The zero-order valence-corrected chi connectivity index (χ0v) is 15.5. The maximum atomic E-state index is 12.1. The molecule has 10 nitrogen and oxygen atoms in total. The summed E-state index contributed by atoms with van der Waals surface area (Å²) in [4.78, 5) is 22.3. The number of nitro benzene ring substituents is 1. The van der Waals surface area contributed by atoms with E-state index in [1.54, 1.807) is 23.1 Å². The van der Waals surface area contributed by atoms with Crippen molar-refractivity contribution >= 4 is 23.2 Å². The van der Waals surface area contributed by atoms with Crippen molar-refractivity contribution in [3.8, 4) is 5.75 Å². The van der Waals surface area contributed by atoms with Gasteiger partial charge in [0.2, 0.25) is 0 Å². The molecule has 0 saturated heterocycles. The molecule has 3 rings (SSSR count). The van der Waals surface area contributed by atoms with Gasteiger partial charge in [0, 0.05) is 43.8 Å². The molecule has 2 aromatic heterocycles. The van der Waals surface area contributed by atoms with Crippen LogP contribution in [0.4, 0.5) is 5.69 Å². The summed E-state index contributed by atoms with van der Waals surface area (Å²) in [7, 11) is 0. The van der Waals surface area contributed by atoms with Crippen molar-refractivity contribution in [3.63, 3.8) is 0 Å². The maximum absolute atomic E-state index is 12.1. The predicted molar refractivity (Wildman–Crippen MR) is 100 cm³/mol. The third-order valence-corrected chi connectivity index (χ3v) is 4.06. The fourth-order valence-corrected chi connectivity index (χ4v) is 2.61. The molecule has 1 N–H and O–H groups in total. The summed E-state index contributed by atoms with van der Waals surface area (Å²) in [5.41, 5.74) is 0.139. The van der Waals surface area contributed by atoms with Gasteiger partial charge in [0.15, 0.2) is 6.73 Å². The Labute approximate surface area is 164 Å². The second-order valence-electron chi connectivity index (χ2n) is 5.76. The number of non-ortho nitro benzene ring substituents is 1. The van der Waals surface area contributed by atoms with Gasteiger partial charge in [-0.3, -0.25) is 19.6 Å². The van der Waals surface area contributed by atoms with Gasteiger partial charge in [-0.05, 0) is 24.6 Å². The van der Waals surface area contributed by atoms with Gasteiger partial charge in [-0.15, -0.1) is 0 Å². The third-order valence-electron chi connectivity index (χ3n) is 3.76. The van der Waals surface area contributed by atoms with E-state index in [0.29, 0.717) is 13.1 Å². The van der Waals surface area contributed by atoms with Crippen LogP contribution in [0.5, 0.6) is 5.75 Å². The highest BCUT2D eigenvalue weighted by molar-refractivity contribution is 6.32. The number of benzene rings is 1. The molecule has 0 unspecified atom stereocenters. The zero-order chi connectivity index (χ0) is 19.9. The molecule has 2 heterocycles. The van der Waals surface area contributed by atoms with Crippen molar-refractivity contribution in [1.82, 2.24) is 24.9 Å². The van der Waals surface area contributed by atoms with E-state index in [1.807, 2.05) is 12.3 Å². The third kappa shape index (κ3) is 5.07. The number of rotatable bonds is 9. The molecule has 0 radical (unpaired) electrons. The van der Waals surface area contributed by atoms with Crippen molar-refractivity contribution in [1.29, 1.82) is 0 Å². The Balaban J connectivity index is 1.47. The van der Waals surface area contributed by atoms with Crippen molar-refractivity contribution in [3.05, 3.63) is 69.8 Å². The van der Waals surface area contributed by atoms with E-state index in [9.17, 15) is 14.9 Å². The molecule has 0 spiro atoms. The smallest absolute Gasteiger partial charge is 0.271 e. The summed E-state index contributed by atoms with van der Waals surface area (Å²) in [5, 5.41) is 21.9. The Hall–Kier alpha value is -3.40. The molecule has 11 heteroatoms. The molecule has 1 amide bonds. The van der Waals surface area contributed by atoms with Gasteiger partial charge in [0.05, 0.1) is 9.95 Å². The zero-order valence-electron chi connectivity index (χ0n) is 14.7. The molecule has 0 aliphatic heterocycles. The largest absolute Gasteiger partial charge is 0.470 e. The second kappa shape index (κ2) is 9.00. The van der Waals surface area contributed by atoms with E-state index >= 15 is 0 Å². The fraction of sp³-hybridized carbons (Fsp3) is 0.235. The minimum Gasteiger partial charge on any atom is -0.470 e. The number of carbonyl (C=O) groups excluding carboxylic acids is 1. The molecule has 0 fully saturated rings. The number of amides is 1. The first kappa shape index (κ1) is 19.4. The minimum atomic E-state index is -0.539. The molecule has 0 bridgehead atoms. The molecule has 0 aliphatic carbocycles. The highest BCUT2D eigenvalue weighted by Gasteiger charge is 2.12. The number of aryl methyl sites for hydroxylation is 1. The highest BCUT2D eigenvalue weighted by Crippen LogP contribution is 2.28. The lowest BCUT2D eigenvalue weighted by molar-refractivity contribution is -0.384. The molecular formula is C17H17ClN6O4. The number of hydrogen-bond donors (Lipinski definition) is 1. The van der Waals surface area contributed by atoms with Crippen molar-refractivity contribution in [2.45, 2.75) is 19.7 Å². The van der Waals surface area contributed by atoms with E-state index < -0.39 is 4.92 Å². The average molecular weight is 405 g/mol. The lowest BCUT2D eigenvalue weighted by atomic mass is 10.3. The Bertz CT molecular complexity index is 956. The molecule has 28 heavy (non-hydrogen) atoms. The molecule has 0 atom stereocenters. The number of carbonyl (C=O) groups is 1. The van der Waals surface area contributed by atoms with E-state index in [4.69, 9.17) is 16.3 Å². The first-order chi connectivity index (χ1) is 13.5. The minimum absolute atomic E-state index is 0.00408. The lowest BCUT2D eigenvalue weighted by Gasteiger charge is -2.08. The van der Waals surface area contributed by atoms with Crippen LogP contribution >= 0.6 is 11.6 Å². The fourth-order valence-electron chi connectivity index (χ4n) is 2.38. The van der Waals surface area contributed by atoms with Crippen molar-refractivity contribution < 1.29 is 14.5 Å². The van der Waals surface area contributed by atoms with E-state index in [-0.39, 0.29) is 34.8 Å². The molecule has 0 saturated carbocycles. The summed E-state index contributed by atoms with van der Waals surface area (Å²) < 4.78 is 8.72.